The van der Waals surface area contributed by atoms with Gasteiger partial charge < -0.3 is 28.7 Å². The zero-order valence-electron chi connectivity index (χ0n) is 20.4. The number of benzene rings is 1. The summed E-state index contributed by atoms with van der Waals surface area (Å²) in [5.74, 6) is 0.238. The number of amides is 1. The van der Waals surface area contributed by atoms with Crippen LogP contribution in [0.1, 0.15) is 47.5 Å². The van der Waals surface area contributed by atoms with E-state index in [2.05, 4.69) is 41.3 Å². The molecule has 0 bridgehead atoms. The Kier molecular flexibility index (Phi) is 6.81. The van der Waals surface area contributed by atoms with Gasteiger partial charge in [0, 0.05) is 6.07 Å². The Bertz CT molecular complexity index is 1210. The van der Waals surface area contributed by atoms with Crippen molar-refractivity contribution in [2.24, 2.45) is 0 Å². The fourth-order valence-electron chi connectivity index (χ4n) is 4.06. The molecule has 0 saturated carbocycles. The van der Waals surface area contributed by atoms with Crippen molar-refractivity contribution >= 4 is 11.6 Å². The highest BCUT2D eigenvalue weighted by Gasteiger charge is 2.31. The standard InChI is InChI=1S/C25H28FN3O6/c1-14-12-15-8-9-25(2,3)16(15)13-18(14)35-19-7-6-17(34-19)21(30)27-20-22(31-4)28-24(33-11-10-26)29-23(20)32-5/h6-7,12-13H,8-11H2,1-5H3,(H,27,30)/i26+0. The number of nitrogens with zero attached hydrogens (tertiary/aromatic N) is 2. The Morgan fingerprint density at radius 1 is 1.17 bits per heavy atom. The minimum absolute atomic E-state index is 0.000930. The highest BCUT2D eigenvalue weighted by atomic mass is 19.1. The molecule has 2 aromatic heterocycles. The Labute approximate surface area is 202 Å². The molecule has 0 unspecified atom stereocenters. The summed E-state index contributed by atoms with van der Waals surface area (Å²) in [6.45, 7) is 5.49. The number of nitrogens with one attached hydrogen (secondary N) is 1. The van der Waals surface area contributed by atoms with E-state index in [-0.39, 0.29) is 47.2 Å². The van der Waals surface area contributed by atoms with E-state index in [1.807, 2.05) is 6.92 Å². The molecule has 1 N–H and O–H groups in total. The van der Waals surface area contributed by atoms with E-state index in [1.165, 1.54) is 31.4 Å². The molecule has 1 amide bonds. The van der Waals surface area contributed by atoms with Gasteiger partial charge in [0.25, 0.3) is 11.9 Å². The monoisotopic (exact) mass is 485 g/mol. The molecule has 186 valence electrons. The second-order valence-electron chi connectivity index (χ2n) is 8.77. The van der Waals surface area contributed by atoms with Crippen LogP contribution < -0.4 is 24.3 Å². The van der Waals surface area contributed by atoms with Gasteiger partial charge in [0.1, 0.15) is 19.0 Å². The number of rotatable bonds is 9. The number of ether oxygens (including phenoxy) is 4. The van der Waals surface area contributed by atoms with Gasteiger partial charge in [-0.15, -0.1) is 0 Å². The molecule has 2 heterocycles. The lowest BCUT2D eigenvalue weighted by Crippen LogP contribution is -2.15. The van der Waals surface area contributed by atoms with Gasteiger partial charge in [-0.1, -0.05) is 19.9 Å². The van der Waals surface area contributed by atoms with Crippen LogP contribution in [0, 0.1) is 6.92 Å². The molecule has 1 aromatic carbocycles. The number of aryl methyl sites for hydroxylation is 2. The van der Waals surface area contributed by atoms with E-state index < -0.39 is 12.6 Å². The lowest BCUT2D eigenvalue weighted by Gasteiger charge is -2.20. The summed E-state index contributed by atoms with van der Waals surface area (Å²) in [5.41, 5.74) is 3.75. The summed E-state index contributed by atoms with van der Waals surface area (Å²) >= 11 is 0. The number of hydrogen-bond donors (Lipinski definition) is 1. The molecule has 1 aliphatic rings. The predicted octanol–water partition coefficient (Wildman–Crippen LogP) is 5.01. The Morgan fingerprint density at radius 3 is 2.54 bits per heavy atom. The quantitative estimate of drug-likeness (QED) is 0.451. The number of carbonyl (C=O) groups is 1. The van der Waals surface area contributed by atoms with Crippen LogP contribution >= 0.6 is 0 Å². The van der Waals surface area contributed by atoms with Crippen molar-refractivity contribution in [1.82, 2.24) is 9.97 Å². The van der Waals surface area contributed by atoms with Gasteiger partial charge in [0.2, 0.25) is 11.8 Å². The maximum absolute atomic E-state index is 12.9. The zero-order valence-corrected chi connectivity index (χ0v) is 20.4. The fourth-order valence-corrected chi connectivity index (χ4v) is 4.06. The van der Waals surface area contributed by atoms with Gasteiger partial charge in [0.05, 0.1) is 14.2 Å². The highest BCUT2D eigenvalue weighted by Crippen LogP contribution is 2.42. The molecular formula is C25H28FN3O6. The first-order valence-electron chi connectivity index (χ1n) is 11.2. The predicted molar refractivity (Wildman–Crippen MR) is 126 cm³/mol. The number of carbonyl (C=O) groups excluding carboxylic acids is 1. The third kappa shape index (κ3) is 5.01. The van der Waals surface area contributed by atoms with Crippen molar-refractivity contribution in [3.63, 3.8) is 0 Å². The minimum Gasteiger partial charge on any atom is -0.479 e. The molecule has 0 fully saturated rings. The Hall–Kier alpha value is -3.82. The van der Waals surface area contributed by atoms with Crippen molar-refractivity contribution in [1.29, 1.82) is 0 Å². The number of anilines is 1. The van der Waals surface area contributed by atoms with Crippen LogP contribution in [0.2, 0.25) is 0 Å². The fraction of sp³-hybridized carbons (Fsp3) is 0.400. The number of aromatic nitrogens is 2. The van der Waals surface area contributed by atoms with Crippen molar-refractivity contribution in [2.75, 3.05) is 32.8 Å². The molecule has 9 nitrogen and oxygen atoms in total. The number of furan rings is 1. The Balaban J connectivity index is 1.53. The molecular weight excluding hydrogens is 457 g/mol. The first-order chi connectivity index (χ1) is 16.7. The van der Waals surface area contributed by atoms with Gasteiger partial charge in [-0.2, -0.15) is 9.97 Å². The van der Waals surface area contributed by atoms with Crippen LogP contribution in [-0.2, 0) is 11.8 Å². The van der Waals surface area contributed by atoms with E-state index >= 15 is 0 Å². The molecule has 0 aliphatic heterocycles. The number of halogens is 1. The summed E-state index contributed by atoms with van der Waals surface area (Å²) in [4.78, 5) is 20.9. The first-order valence-corrected chi connectivity index (χ1v) is 11.2. The van der Waals surface area contributed by atoms with Crippen LogP contribution in [0.5, 0.6) is 29.5 Å². The summed E-state index contributed by atoms with van der Waals surface area (Å²) in [6, 6.07) is 7.13. The molecule has 0 atom stereocenters. The second kappa shape index (κ2) is 9.81. The smallest absolute Gasteiger partial charge is 0.323 e. The zero-order chi connectivity index (χ0) is 25.2. The third-order valence-electron chi connectivity index (χ3n) is 5.92. The largest absolute Gasteiger partial charge is 0.479 e. The number of alkyl halides is 1. The molecule has 10 heteroatoms. The van der Waals surface area contributed by atoms with E-state index in [0.717, 1.165) is 18.4 Å². The van der Waals surface area contributed by atoms with Crippen LogP contribution in [0.4, 0.5) is 10.1 Å². The van der Waals surface area contributed by atoms with E-state index in [4.69, 9.17) is 23.4 Å². The van der Waals surface area contributed by atoms with Crippen molar-refractivity contribution in [2.45, 2.75) is 39.0 Å². The van der Waals surface area contributed by atoms with Gasteiger partial charge in [0.15, 0.2) is 11.4 Å². The average Bonchev–Trinajstić information content (AvgIpc) is 3.42. The molecule has 3 aromatic rings. The van der Waals surface area contributed by atoms with E-state index in [1.54, 1.807) is 6.07 Å². The van der Waals surface area contributed by atoms with E-state index in [9.17, 15) is 9.18 Å². The Morgan fingerprint density at radius 2 is 1.89 bits per heavy atom. The first kappa shape index (κ1) is 24.3. The molecule has 4 rings (SSSR count). The summed E-state index contributed by atoms with van der Waals surface area (Å²) in [7, 11) is 2.71. The lowest BCUT2D eigenvalue weighted by atomic mass is 9.86. The molecule has 35 heavy (non-hydrogen) atoms. The maximum atomic E-state index is 12.9. The molecule has 0 radical (unpaired) electrons. The average molecular weight is 486 g/mol. The summed E-state index contributed by atoms with van der Waals surface area (Å²) in [6.07, 6.45) is 2.14. The number of methoxy groups -OCH3 is 2. The number of hydrogen-bond acceptors (Lipinski definition) is 8. The van der Waals surface area contributed by atoms with Crippen LogP contribution in [-0.4, -0.2) is 43.4 Å². The van der Waals surface area contributed by atoms with Crippen molar-refractivity contribution in [3.05, 3.63) is 46.7 Å². The molecule has 1 aliphatic carbocycles. The number of fused-ring (bicyclic) bond motifs is 1. The van der Waals surface area contributed by atoms with Gasteiger partial charge in [-0.3, -0.25) is 4.79 Å². The normalized spacial score (nSPS) is 13.8. The van der Waals surface area contributed by atoms with E-state index in [0.29, 0.717) is 5.75 Å². The van der Waals surface area contributed by atoms with Gasteiger partial charge in [-0.05, 0) is 54.0 Å². The van der Waals surface area contributed by atoms with Gasteiger partial charge in [-0.25, -0.2) is 4.39 Å². The van der Waals surface area contributed by atoms with Crippen molar-refractivity contribution in [3.8, 4) is 29.5 Å². The topological polar surface area (TPSA) is 105 Å². The molecule has 0 spiro atoms. The SMILES string of the molecule is COc1nc(OCC[19F])nc(OC)c1NC(=O)c1ccc(Oc2cc3c(cc2C)CCC3(C)C)o1. The van der Waals surface area contributed by atoms with Crippen LogP contribution in [0.25, 0.3) is 0 Å². The summed E-state index contributed by atoms with van der Waals surface area (Å²) < 4.78 is 39.6. The third-order valence-corrected chi connectivity index (χ3v) is 5.92. The van der Waals surface area contributed by atoms with Crippen molar-refractivity contribution < 1.29 is 32.5 Å². The van der Waals surface area contributed by atoms with Crippen LogP contribution in [0.3, 0.4) is 0 Å². The van der Waals surface area contributed by atoms with Gasteiger partial charge >= 0.3 is 6.01 Å². The van der Waals surface area contributed by atoms with Crippen LogP contribution in [0.15, 0.2) is 28.7 Å². The maximum Gasteiger partial charge on any atom is 0.323 e. The second-order valence-corrected chi connectivity index (χ2v) is 8.77. The summed E-state index contributed by atoms with van der Waals surface area (Å²) in [5, 5.41) is 2.62. The lowest BCUT2D eigenvalue weighted by molar-refractivity contribution is 0.0990. The highest BCUT2D eigenvalue weighted by molar-refractivity contribution is 6.03. The minimum atomic E-state index is -0.710. The molecule has 0 saturated heterocycles.